The molecular weight excluding hydrogens is 370 g/mol. The van der Waals surface area contributed by atoms with Crippen molar-refractivity contribution >= 4 is 11.9 Å². The van der Waals surface area contributed by atoms with E-state index in [1.54, 1.807) is 0 Å². The van der Waals surface area contributed by atoms with Gasteiger partial charge in [-0.2, -0.15) is 0 Å². The molecule has 2 bridgehead atoms. The average molecular weight is 391 g/mol. The smallest absolute Gasteiger partial charge is 0.359 e. The zero-order valence-electron chi connectivity index (χ0n) is 15.8. The van der Waals surface area contributed by atoms with E-state index in [1.165, 1.54) is 0 Å². The lowest BCUT2D eigenvalue weighted by Gasteiger charge is -2.54. The zero-order chi connectivity index (χ0) is 19.8. The summed E-state index contributed by atoms with van der Waals surface area (Å²) in [5, 5.41) is 0. The predicted molar refractivity (Wildman–Crippen MR) is 105 cm³/mol. The van der Waals surface area contributed by atoms with Gasteiger partial charge in [0.25, 0.3) is 0 Å². The Morgan fingerprint density at radius 1 is 0.828 bits per heavy atom. The minimum Gasteiger partial charge on any atom is -0.480 e. The Balaban J connectivity index is 1.44. The fourth-order valence-electron chi connectivity index (χ4n) is 4.42. The third-order valence-electron chi connectivity index (χ3n) is 5.84. The predicted octanol–water partition coefficient (Wildman–Crippen LogP) is 3.14. The van der Waals surface area contributed by atoms with Crippen LogP contribution < -0.4 is 4.74 Å². The van der Waals surface area contributed by atoms with Gasteiger partial charge in [-0.1, -0.05) is 42.5 Å². The maximum Gasteiger partial charge on any atom is 0.359 e. The van der Waals surface area contributed by atoms with Crippen LogP contribution in [0.5, 0.6) is 5.75 Å². The lowest BCUT2D eigenvalue weighted by atomic mass is 9.82. The number of hydrogen-bond donors (Lipinski definition) is 0. The van der Waals surface area contributed by atoms with Crippen LogP contribution in [0.25, 0.3) is 11.1 Å². The van der Waals surface area contributed by atoms with Gasteiger partial charge in [-0.15, -0.1) is 0 Å². The molecule has 1 atom stereocenters. The van der Waals surface area contributed by atoms with Gasteiger partial charge in [0, 0.05) is 31.2 Å². The summed E-state index contributed by atoms with van der Waals surface area (Å²) in [5.74, 6) is -1.94. The quantitative estimate of drug-likeness (QED) is 0.749. The Labute approximate surface area is 168 Å². The standard InChI is InChI=1S/C23H21NO5/c25-20-10-11-21(26)29-23(28-20)22(18-12-14-24(23)15-13-18)27-19-8-6-17(7-9-19)16-4-2-1-3-5-16/h1-11,18,22H,12-15H2. The molecule has 6 nitrogen and oxygen atoms in total. The Kier molecular flexibility index (Phi) is 4.36. The molecule has 29 heavy (non-hydrogen) atoms. The topological polar surface area (TPSA) is 65.1 Å². The Morgan fingerprint density at radius 3 is 2.03 bits per heavy atom. The van der Waals surface area contributed by atoms with Crippen molar-refractivity contribution in [3.8, 4) is 16.9 Å². The van der Waals surface area contributed by atoms with Gasteiger partial charge >= 0.3 is 17.8 Å². The molecule has 0 saturated carbocycles. The van der Waals surface area contributed by atoms with E-state index in [9.17, 15) is 9.59 Å². The van der Waals surface area contributed by atoms with Crippen molar-refractivity contribution in [1.82, 2.24) is 4.90 Å². The first-order valence-electron chi connectivity index (χ1n) is 9.85. The molecule has 4 aliphatic heterocycles. The van der Waals surface area contributed by atoms with Crippen LogP contribution in [-0.2, 0) is 19.1 Å². The molecule has 1 spiro atoms. The molecule has 6 rings (SSSR count). The Morgan fingerprint density at radius 2 is 1.41 bits per heavy atom. The van der Waals surface area contributed by atoms with Crippen molar-refractivity contribution in [3.63, 3.8) is 0 Å². The van der Waals surface area contributed by atoms with Crippen molar-refractivity contribution in [1.29, 1.82) is 0 Å². The zero-order valence-corrected chi connectivity index (χ0v) is 15.8. The van der Waals surface area contributed by atoms with E-state index >= 15 is 0 Å². The van der Waals surface area contributed by atoms with Crippen molar-refractivity contribution in [3.05, 3.63) is 66.7 Å². The second-order valence-corrected chi connectivity index (χ2v) is 7.56. The molecule has 2 aromatic carbocycles. The molecule has 0 aliphatic carbocycles. The normalized spacial score (nSPS) is 27.2. The summed E-state index contributed by atoms with van der Waals surface area (Å²) >= 11 is 0. The summed E-state index contributed by atoms with van der Waals surface area (Å²) in [4.78, 5) is 26.2. The maximum absolute atomic E-state index is 12.2. The van der Waals surface area contributed by atoms with Gasteiger partial charge in [0.15, 0.2) is 6.10 Å². The highest BCUT2D eigenvalue weighted by Crippen LogP contribution is 2.44. The van der Waals surface area contributed by atoms with Crippen LogP contribution in [0.15, 0.2) is 66.7 Å². The number of nitrogens with zero attached hydrogens (tertiary/aromatic N) is 1. The number of ether oxygens (including phenoxy) is 3. The van der Waals surface area contributed by atoms with Crippen LogP contribution in [0.1, 0.15) is 12.8 Å². The third kappa shape index (κ3) is 3.19. The van der Waals surface area contributed by atoms with Crippen LogP contribution in [0.4, 0.5) is 0 Å². The minimum atomic E-state index is -1.52. The van der Waals surface area contributed by atoms with E-state index in [0.717, 1.165) is 36.1 Å². The van der Waals surface area contributed by atoms with E-state index in [2.05, 4.69) is 12.1 Å². The molecule has 3 saturated heterocycles. The Hall–Kier alpha value is -3.12. The van der Waals surface area contributed by atoms with Crippen molar-refractivity contribution < 1.29 is 23.8 Å². The first-order chi connectivity index (χ1) is 14.1. The lowest BCUT2D eigenvalue weighted by molar-refractivity contribution is -0.348. The first kappa shape index (κ1) is 17.9. The van der Waals surface area contributed by atoms with Gasteiger partial charge in [-0.3, -0.25) is 0 Å². The molecule has 4 heterocycles. The summed E-state index contributed by atoms with van der Waals surface area (Å²) in [6.07, 6.45) is 3.42. The van der Waals surface area contributed by atoms with Gasteiger partial charge in [0.2, 0.25) is 0 Å². The van der Waals surface area contributed by atoms with E-state index in [1.807, 2.05) is 47.4 Å². The van der Waals surface area contributed by atoms with E-state index in [0.29, 0.717) is 18.8 Å². The highest BCUT2D eigenvalue weighted by atomic mass is 16.8. The largest absolute Gasteiger partial charge is 0.480 e. The second kappa shape index (κ2) is 7.04. The number of carbonyl (C=O) groups is 2. The molecule has 148 valence electrons. The Bertz CT molecular complexity index is 925. The van der Waals surface area contributed by atoms with Crippen molar-refractivity contribution in [2.45, 2.75) is 24.9 Å². The number of carbonyl (C=O) groups excluding carboxylic acids is 2. The summed E-state index contributed by atoms with van der Waals surface area (Å²) in [5.41, 5.74) is 2.20. The molecule has 0 radical (unpaired) electrons. The number of benzene rings is 2. The summed E-state index contributed by atoms with van der Waals surface area (Å²) in [6.45, 7) is 1.38. The molecule has 6 heteroatoms. The van der Waals surface area contributed by atoms with Crippen LogP contribution in [0, 0.1) is 5.92 Å². The van der Waals surface area contributed by atoms with E-state index in [-0.39, 0.29) is 5.92 Å². The molecule has 3 fully saturated rings. The van der Waals surface area contributed by atoms with E-state index in [4.69, 9.17) is 14.2 Å². The fraction of sp³-hybridized carbons (Fsp3) is 0.304. The van der Waals surface area contributed by atoms with Crippen LogP contribution >= 0.6 is 0 Å². The van der Waals surface area contributed by atoms with Crippen LogP contribution in [0.3, 0.4) is 0 Å². The maximum atomic E-state index is 12.2. The van der Waals surface area contributed by atoms with Crippen molar-refractivity contribution in [2.24, 2.45) is 5.92 Å². The van der Waals surface area contributed by atoms with Gasteiger partial charge in [-0.05, 0) is 36.1 Å². The summed E-state index contributed by atoms with van der Waals surface area (Å²) in [7, 11) is 0. The summed E-state index contributed by atoms with van der Waals surface area (Å²) in [6, 6.07) is 17.9. The molecule has 0 aromatic heterocycles. The highest BCUT2D eigenvalue weighted by Gasteiger charge is 2.62. The number of esters is 2. The molecular formula is C23H21NO5. The van der Waals surface area contributed by atoms with Gasteiger partial charge in [0.1, 0.15) is 5.75 Å². The van der Waals surface area contributed by atoms with E-state index < -0.39 is 24.0 Å². The molecule has 2 aromatic rings. The summed E-state index contributed by atoms with van der Waals surface area (Å²) < 4.78 is 17.6. The number of piperidine rings is 3. The molecule has 0 N–H and O–H groups in total. The highest BCUT2D eigenvalue weighted by molar-refractivity contribution is 5.93. The molecule has 1 unspecified atom stereocenters. The number of fused-ring (bicyclic) bond motifs is 2. The van der Waals surface area contributed by atoms with Crippen LogP contribution in [0.2, 0.25) is 0 Å². The van der Waals surface area contributed by atoms with Crippen molar-refractivity contribution in [2.75, 3.05) is 13.1 Å². The monoisotopic (exact) mass is 391 g/mol. The second-order valence-electron chi connectivity index (χ2n) is 7.56. The first-order valence-corrected chi connectivity index (χ1v) is 9.85. The van der Waals surface area contributed by atoms with Crippen LogP contribution in [-0.4, -0.2) is 41.9 Å². The lowest BCUT2D eigenvalue weighted by Crippen LogP contribution is -2.71. The third-order valence-corrected chi connectivity index (χ3v) is 5.84. The molecule has 0 amide bonds. The number of hydrogen-bond acceptors (Lipinski definition) is 6. The average Bonchev–Trinajstić information content (AvgIpc) is 2.91. The van der Waals surface area contributed by atoms with Gasteiger partial charge < -0.3 is 14.2 Å². The fourth-order valence-corrected chi connectivity index (χ4v) is 4.42. The van der Waals surface area contributed by atoms with Gasteiger partial charge in [-0.25, -0.2) is 14.5 Å². The SMILES string of the molecule is O=C1C=CC(=O)OC2(O1)C(Oc1ccc(-c3ccccc3)cc1)C1CCN2CC1. The van der Waals surface area contributed by atoms with Gasteiger partial charge in [0.05, 0.1) is 0 Å². The minimum absolute atomic E-state index is 0.132. The number of rotatable bonds is 3. The molecule has 4 aliphatic rings.